The third-order valence-corrected chi connectivity index (χ3v) is 3.34. The molecule has 4 aromatic heterocycles. The van der Waals surface area contributed by atoms with Crippen molar-refractivity contribution < 1.29 is 4.74 Å². The molecule has 0 aromatic carbocycles. The quantitative estimate of drug-likeness (QED) is 0.603. The molecular weight excluding hydrogens is 254 g/mol. The Bertz CT molecular complexity index is 908. The van der Waals surface area contributed by atoms with Crippen molar-refractivity contribution in [1.82, 2.24) is 24.6 Å². The topological polar surface area (TPSA) is 68.1 Å². The summed E-state index contributed by atoms with van der Waals surface area (Å²) in [5, 5.41) is 5.08. The van der Waals surface area contributed by atoms with Gasteiger partial charge in [0.05, 0.1) is 18.0 Å². The van der Waals surface area contributed by atoms with Crippen molar-refractivity contribution >= 4 is 16.6 Å². The number of hydrogen-bond donors (Lipinski definition) is 1. The van der Waals surface area contributed by atoms with Gasteiger partial charge < -0.3 is 9.72 Å². The molecule has 6 nitrogen and oxygen atoms in total. The number of nitrogens with one attached hydrogen (secondary N) is 1. The average Bonchev–Trinajstić information content (AvgIpc) is 3.12. The molecule has 0 atom stereocenters. The van der Waals surface area contributed by atoms with Crippen LogP contribution in [0, 0.1) is 0 Å². The molecule has 4 heterocycles. The van der Waals surface area contributed by atoms with E-state index in [1.54, 1.807) is 13.3 Å². The van der Waals surface area contributed by atoms with Gasteiger partial charge in [-0.1, -0.05) is 0 Å². The lowest BCUT2D eigenvalue weighted by atomic mass is 10.1. The Morgan fingerprint density at radius 2 is 2.20 bits per heavy atom. The molecule has 0 amide bonds. The van der Waals surface area contributed by atoms with Gasteiger partial charge in [-0.25, -0.2) is 14.5 Å². The van der Waals surface area contributed by atoms with E-state index in [0.717, 1.165) is 27.7 Å². The van der Waals surface area contributed by atoms with Crippen LogP contribution in [0.25, 0.3) is 27.7 Å². The fraction of sp³-hybridized carbons (Fsp3) is 0.0714. The molecule has 0 unspecified atom stereocenters. The Hall–Kier alpha value is -2.89. The zero-order valence-corrected chi connectivity index (χ0v) is 10.7. The normalized spacial score (nSPS) is 11.2. The van der Waals surface area contributed by atoms with E-state index in [1.807, 2.05) is 29.0 Å². The summed E-state index contributed by atoms with van der Waals surface area (Å²) in [5.41, 5.74) is 3.88. The Balaban J connectivity index is 2.01. The Labute approximate surface area is 114 Å². The molecule has 0 aliphatic carbocycles. The maximum absolute atomic E-state index is 5.33. The predicted molar refractivity (Wildman–Crippen MR) is 74.6 cm³/mol. The largest absolute Gasteiger partial charge is 0.480 e. The third-order valence-electron chi connectivity index (χ3n) is 3.34. The van der Waals surface area contributed by atoms with Gasteiger partial charge in [0, 0.05) is 24.2 Å². The van der Waals surface area contributed by atoms with Crippen molar-refractivity contribution in [1.29, 1.82) is 0 Å². The molecule has 0 fully saturated rings. The lowest BCUT2D eigenvalue weighted by Crippen LogP contribution is -1.91. The van der Waals surface area contributed by atoms with E-state index >= 15 is 0 Å². The van der Waals surface area contributed by atoms with Gasteiger partial charge in [0.1, 0.15) is 12.0 Å². The summed E-state index contributed by atoms with van der Waals surface area (Å²) in [6.07, 6.45) is 7.11. The molecular formula is C14H11N5O. The number of aromatic amines is 1. The minimum atomic E-state index is 0.569. The molecule has 6 heteroatoms. The number of rotatable bonds is 2. The van der Waals surface area contributed by atoms with Crippen molar-refractivity contribution in [3.05, 3.63) is 43.1 Å². The van der Waals surface area contributed by atoms with Crippen LogP contribution in [0.2, 0.25) is 0 Å². The number of H-pyrrole nitrogens is 1. The highest BCUT2D eigenvalue weighted by atomic mass is 16.5. The van der Waals surface area contributed by atoms with Crippen LogP contribution in [0.5, 0.6) is 5.88 Å². The zero-order chi connectivity index (χ0) is 13.5. The number of nitrogens with zero attached hydrogens (tertiary/aromatic N) is 4. The minimum Gasteiger partial charge on any atom is -0.480 e. The first-order valence-corrected chi connectivity index (χ1v) is 6.16. The first-order chi connectivity index (χ1) is 9.86. The van der Waals surface area contributed by atoms with Crippen molar-refractivity contribution in [3.8, 4) is 17.0 Å². The lowest BCUT2D eigenvalue weighted by Gasteiger charge is -2.04. The lowest BCUT2D eigenvalue weighted by molar-refractivity contribution is 0.403. The number of hydrogen-bond acceptors (Lipinski definition) is 4. The molecule has 4 rings (SSSR count). The predicted octanol–water partition coefficient (Wildman–Crippen LogP) is 2.28. The van der Waals surface area contributed by atoms with Crippen LogP contribution >= 0.6 is 0 Å². The monoisotopic (exact) mass is 265 g/mol. The smallest absolute Gasteiger partial charge is 0.226 e. The van der Waals surface area contributed by atoms with Gasteiger partial charge in [0.15, 0.2) is 0 Å². The van der Waals surface area contributed by atoms with Gasteiger partial charge in [-0.3, -0.25) is 0 Å². The van der Waals surface area contributed by atoms with Gasteiger partial charge in [0.25, 0.3) is 0 Å². The SMILES string of the molecule is COc1ncnc2[nH]cc(-c3ccn4nccc4c3)c12. The summed E-state index contributed by atoms with van der Waals surface area (Å²) in [7, 11) is 1.61. The van der Waals surface area contributed by atoms with E-state index in [9.17, 15) is 0 Å². The van der Waals surface area contributed by atoms with E-state index in [-0.39, 0.29) is 0 Å². The Kier molecular flexibility index (Phi) is 2.23. The van der Waals surface area contributed by atoms with Gasteiger partial charge in [-0.05, 0) is 23.8 Å². The fourth-order valence-electron chi connectivity index (χ4n) is 2.41. The first-order valence-electron chi connectivity index (χ1n) is 6.16. The van der Waals surface area contributed by atoms with Crippen molar-refractivity contribution in [2.45, 2.75) is 0 Å². The molecule has 1 N–H and O–H groups in total. The highest BCUT2D eigenvalue weighted by Crippen LogP contribution is 2.33. The van der Waals surface area contributed by atoms with Crippen LogP contribution < -0.4 is 4.74 Å². The van der Waals surface area contributed by atoms with E-state index in [2.05, 4.69) is 26.1 Å². The van der Waals surface area contributed by atoms with Crippen molar-refractivity contribution in [2.24, 2.45) is 0 Å². The van der Waals surface area contributed by atoms with Gasteiger partial charge in [0.2, 0.25) is 5.88 Å². The summed E-state index contributed by atoms with van der Waals surface area (Å²) in [5.74, 6) is 0.569. The summed E-state index contributed by atoms with van der Waals surface area (Å²) >= 11 is 0. The van der Waals surface area contributed by atoms with Crippen molar-refractivity contribution in [3.63, 3.8) is 0 Å². The summed E-state index contributed by atoms with van der Waals surface area (Å²) in [6, 6.07) is 6.04. The molecule has 0 spiro atoms. The molecule has 0 saturated heterocycles. The fourth-order valence-corrected chi connectivity index (χ4v) is 2.41. The number of pyridine rings is 1. The average molecular weight is 265 g/mol. The van der Waals surface area contributed by atoms with Crippen LogP contribution in [0.15, 0.2) is 43.1 Å². The molecule has 4 aromatic rings. The minimum absolute atomic E-state index is 0.569. The number of ether oxygens (including phenoxy) is 1. The first kappa shape index (κ1) is 11.0. The number of fused-ring (bicyclic) bond motifs is 2. The second-order valence-electron chi connectivity index (χ2n) is 4.42. The van der Waals surface area contributed by atoms with Crippen LogP contribution in [0.3, 0.4) is 0 Å². The molecule has 0 radical (unpaired) electrons. The van der Waals surface area contributed by atoms with Crippen LogP contribution in [-0.4, -0.2) is 31.7 Å². The Morgan fingerprint density at radius 1 is 1.25 bits per heavy atom. The number of methoxy groups -OCH3 is 1. The van der Waals surface area contributed by atoms with Gasteiger partial charge in [-0.15, -0.1) is 0 Å². The maximum atomic E-state index is 5.33. The molecule has 98 valence electrons. The summed E-state index contributed by atoms with van der Waals surface area (Å²) in [6.45, 7) is 0. The van der Waals surface area contributed by atoms with Gasteiger partial charge >= 0.3 is 0 Å². The van der Waals surface area contributed by atoms with E-state index < -0.39 is 0 Å². The third kappa shape index (κ3) is 1.48. The molecule has 0 aliphatic heterocycles. The molecule has 0 aliphatic rings. The van der Waals surface area contributed by atoms with E-state index in [0.29, 0.717) is 5.88 Å². The summed E-state index contributed by atoms with van der Waals surface area (Å²) in [4.78, 5) is 11.5. The highest BCUT2D eigenvalue weighted by Gasteiger charge is 2.13. The van der Waals surface area contributed by atoms with E-state index in [4.69, 9.17) is 4.74 Å². The number of aromatic nitrogens is 5. The second kappa shape index (κ2) is 4.06. The van der Waals surface area contributed by atoms with Gasteiger partial charge in [-0.2, -0.15) is 5.10 Å². The standard InChI is InChI=1S/C14H11N5O/c1-20-14-12-11(7-15-13(12)16-8-17-14)9-3-5-19-10(6-9)2-4-18-19/h2-8H,1H3,(H,15,16,17). The highest BCUT2D eigenvalue weighted by molar-refractivity contribution is 5.97. The molecule has 0 saturated carbocycles. The zero-order valence-electron chi connectivity index (χ0n) is 10.7. The maximum Gasteiger partial charge on any atom is 0.226 e. The summed E-state index contributed by atoms with van der Waals surface area (Å²) < 4.78 is 7.16. The van der Waals surface area contributed by atoms with Crippen LogP contribution in [0.4, 0.5) is 0 Å². The molecule has 20 heavy (non-hydrogen) atoms. The van der Waals surface area contributed by atoms with E-state index in [1.165, 1.54) is 6.33 Å². The van der Waals surface area contributed by atoms with Crippen LogP contribution in [-0.2, 0) is 0 Å². The molecule has 0 bridgehead atoms. The second-order valence-corrected chi connectivity index (χ2v) is 4.42. The van der Waals surface area contributed by atoms with Crippen LogP contribution in [0.1, 0.15) is 0 Å². The Morgan fingerprint density at radius 3 is 3.10 bits per heavy atom. The van der Waals surface area contributed by atoms with Crippen molar-refractivity contribution in [2.75, 3.05) is 7.11 Å².